The van der Waals surface area contributed by atoms with Crippen LogP contribution >= 0.6 is 0 Å². The summed E-state index contributed by atoms with van der Waals surface area (Å²) in [5, 5.41) is 25.2. The number of aromatic nitrogens is 1. The zero-order chi connectivity index (χ0) is 33.2. The Bertz CT molecular complexity index is 1590. The van der Waals surface area contributed by atoms with Gasteiger partial charge in [0.2, 0.25) is 5.91 Å². The Morgan fingerprint density at radius 2 is 1.63 bits per heavy atom. The summed E-state index contributed by atoms with van der Waals surface area (Å²) < 4.78 is 0. The molecule has 1 saturated heterocycles. The molecular weight excluding hydrogens is 590 g/mol. The quantitative estimate of drug-likeness (QED) is 0.0947. The molecule has 0 aliphatic carbocycles. The molecule has 239 valence electrons. The fraction of sp³-hybridized carbons (Fsp3) is 0.273. The summed E-state index contributed by atoms with van der Waals surface area (Å²) in [6, 6.07) is 17.4. The van der Waals surface area contributed by atoms with Crippen LogP contribution in [0.1, 0.15) is 45.7 Å². The van der Waals surface area contributed by atoms with E-state index in [1.54, 1.807) is 30.3 Å². The number of aliphatic carboxylic acids is 1. The van der Waals surface area contributed by atoms with E-state index < -0.39 is 54.3 Å². The van der Waals surface area contributed by atoms with Gasteiger partial charge in [0.1, 0.15) is 29.8 Å². The van der Waals surface area contributed by atoms with Crippen molar-refractivity contribution in [1.29, 1.82) is 5.41 Å². The zero-order valence-corrected chi connectivity index (χ0v) is 25.1. The molecule has 3 atom stereocenters. The Balaban J connectivity index is 1.69. The van der Waals surface area contributed by atoms with Gasteiger partial charge >= 0.3 is 5.97 Å². The number of benzene rings is 2. The third-order valence-corrected chi connectivity index (χ3v) is 7.39. The van der Waals surface area contributed by atoms with Crippen molar-refractivity contribution in [2.24, 2.45) is 5.73 Å². The van der Waals surface area contributed by atoms with E-state index in [2.05, 4.69) is 27.9 Å². The average molecular weight is 627 g/mol. The Morgan fingerprint density at radius 1 is 1.00 bits per heavy atom. The third-order valence-electron chi connectivity index (χ3n) is 7.39. The van der Waals surface area contributed by atoms with Gasteiger partial charge < -0.3 is 26.8 Å². The van der Waals surface area contributed by atoms with Crippen LogP contribution in [0.25, 0.3) is 0 Å². The summed E-state index contributed by atoms with van der Waals surface area (Å²) >= 11 is 0. The Hall–Kier alpha value is -5.27. The highest BCUT2D eigenvalue weighted by molar-refractivity contribution is 6.19. The number of hydrogen-bond donors (Lipinski definition) is 6. The van der Waals surface area contributed by atoms with Crippen molar-refractivity contribution in [2.75, 3.05) is 13.1 Å². The number of carbonyl (C=O) groups excluding carboxylic acids is 4. The molecule has 1 fully saturated rings. The maximum Gasteiger partial charge on any atom is 0.322 e. The van der Waals surface area contributed by atoms with Crippen molar-refractivity contribution in [3.8, 4) is 0 Å². The molecule has 3 aromatic rings. The lowest BCUT2D eigenvalue weighted by Gasteiger charge is -2.28. The highest BCUT2D eigenvalue weighted by Gasteiger charge is 2.40. The van der Waals surface area contributed by atoms with E-state index >= 15 is 0 Å². The number of rotatable bonds is 12. The Labute approximate surface area is 266 Å². The number of nitrogens with one attached hydrogen (secondary N) is 4. The van der Waals surface area contributed by atoms with Gasteiger partial charge in [-0.3, -0.25) is 29.4 Å². The van der Waals surface area contributed by atoms with Gasteiger partial charge in [-0.15, -0.1) is 0 Å². The fourth-order valence-corrected chi connectivity index (χ4v) is 4.98. The van der Waals surface area contributed by atoms with E-state index in [4.69, 9.17) is 16.2 Å². The summed E-state index contributed by atoms with van der Waals surface area (Å²) in [5.41, 5.74) is 7.28. The van der Waals surface area contributed by atoms with Crippen LogP contribution in [0.5, 0.6) is 0 Å². The minimum Gasteiger partial charge on any atom is -0.480 e. The second kappa shape index (κ2) is 15.6. The van der Waals surface area contributed by atoms with Crippen LogP contribution in [0, 0.1) is 12.3 Å². The highest BCUT2D eigenvalue weighted by atomic mass is 16.4. The molecular formula is C33H36N7O6. The zero-order valence-electron chi connectivity index (χ0n) is 25.1. The molecule has 2 heterocycles. The lowest BCUT2D eigenvalue weighted by Crippen LogP contribution is -2.58. The molecule has 46 heavy (non-hydrogen) atoms. The topological polar surface area (TPSA) is 208 Å². The van der Waals surface area contributed by atoms with Crippen molar-refractivity contribution >= 4 is 35.4 Å². The monoisotopic (exact) mass is 626 g/mol. The van der Waals surface area contributed by atoms with E-state index in [9.17, 15) is 24.0 Å². The van der Waals surface area contributed by atoms with Crippen LogP contribution in [0.3, 0.4) is 0 Å². The first-order chi connectivity index (χ1) is 22.0. The largest absolute Gasteiger partial charge is 0.480 e. The van der Waals surface area contributed by atoms with E-state index in [0.29, 0.717) is 29.8 Å². The predicted molar refractivity (Wildman–Crippen MR) is 169 cm³/mol. The SMILES string of the molecule is [CH2]c1ccc(C(=N)NCC(=O)O)nc1C(=O)N(C(=O)[C@@H]1CCCN1)C(=O)[C@H](Cc1ccccc1)NC(=O)[C@@H](N)Cc1ccccc1. The lowest BCUT2D eigenvalue weighted by molar-refractivity contribution is -0.145. The van der Waals surface area contributed by atoms with Crippen molar-refractivity contribution in [1.82, 2.24) is 25.8 Å². The van der Waals surface area contributed by atoms with E-state index in [-0.39, 0.29) is 35.6 Å². The van der Waals surface area contributed by atoms with Crippen molar-refractivity contribution in [3.05, 3.63) is 108 Å². The number of carbonyl (C=O) groups is 5. The fourth-order valence-electron chi connectivity index (χ4n) is 4.98. The maximum atomic E-state index is 14.3. The maximum absolute atomic E-state index is 14.3. The van der Waals surface area contributed by atoms with Gasteiger partial charge in [0.15, 0.2) is 0 Å². The van der Waals surface area contributed by atoms with Gasteiger partial charge in [-0.1, -0.05) is 66.7 Å². The van der Waals surface area contributed by atoms with Crippen LogP contribution in [0.2, 0.25) is 0 Å². The lowest BCUT2D eigenvalue weighted by atomic mass is 10.0. The average Bonchev–Trinajstić information content (AvgIpc) is 3.60. The summed E-state index contributed by atoms with van der Waals surface area (Å²) in [7, 11) is 0. The number of amidine groups is 1. The second-order valence-corrected chi connectivity index (χ2v) is 10.8. The van der Waals surface area contributed by atoms with Crippen LogP contribution in [0.4, 0.5) is 0 Å². The predicted octanol–water partition coefficient (Wildman–Crippen LogP) is 0.808. The van der Waals surface area contributed by atoms with E-state index in [1.165, 1.54) is 12.1 Å². The van der Waals surface area contributed by atoms with Crippen molar-refractivity contribution < 1.29 is 29.1 Å². The number of carboxylic acids is 1. The molecule has 4 amide bonds. The Kier molecular flexibility index (Phi) is 11.4. The van der Waals surface area contributed by atoms with Gasteiger partial charge in [-0.25, -0.2) is 9.88 Å². The molecule has 1 aliphatic rings. The van der Waals surface area contributed by atoms with Crippen molar-refractivity contribution in [3.63, 3.8) is 0 Å². The molecule has 1 aliphatic heterocycles. The van der Waals surface area contributed by atoms with Crippen LogP contribution in [0.15, 0.2) is 72.8 Å². The molecule has 4 rings (SSSR count). The summed E-state index contributed by atoms with van der Waals surface area (Å²) in [6.07, 6.45) is 1.16. The van der Waals surface area contributed by atoms with E-state index in [0.717, 1.165) is 5.56 Å². The number of nitrogens with two attached hydrogens (primary N) is 1. The molecule has 13 heteroatoms. The van der Waals surface area contributed by atoms with Gasteiger partial charge in [0, 0.05) is 6.42 Å². The van der Waals surface area contributed by atoms with Gasteiger partial charge in [0.25, 0.3) is 17.7 Å². The molecule has 13 nitrogen and oxygen atoms in total. The molecule has 0 spiro atoms. The third kappa shape index (κ3) is 8.67. The number of imide groups is 3. The number of amides is 4. The number of nitrogens with zero attached hydrogens (tertiary/aromatic N) is 2. The molecule has 0 saturated carbocycles. The Morgan fingerprint density at radius 3 is 2.22 bits per heavy atom. The second-order valence-electron chi connectivity index (χ2n) is 10.8. The summed E-state index contributed by atoms with van der Waals surface area (Å²) in [4.78, 5) is 71.2. The number of hydrogen-bond acceptors (Lipinski definition) is 9. The summed E-state index contributed by atoms with van der Waals surface area (Å²) in [6.45, 7) is 3.76. The van der Waals surface area contributed by atoms with Gasteiger partial charge in [-0.2, -0.15) is 0 Å². The molecule has 7 N–H and O–H groups in total. The van der Waals surface area contributed by atoms with Crippen molar-refractivity contribution in [2.45, 2.75) is 43.8 Å². The normalized spacial score (nSPS) is 15.3. The first-order valence-electron chi connectivity index (χ1n) is 14.7. The van der Waals surface area contributed by atoms with Crippen LogP contribution in [-0.4, -0.2) is 81.6 Å². The van der Waals surface area contributed by atoms with Gasteiger partial charge in [0.05, 0.1) is 12.1 Å². The molecule has 1 aromatic heterocycles. The molecule has 0 bridgehead atoms. The summed E-state index contributed by atoms with van der Waals surface area (Å²) in [5.74, 6) is -5.15. The first-order valence-corrected chi connectivity index (χ1v) is 14.7. The van der Waals surface area contributed by atoms with Gasteiger partial charge in [-0.05, 0) is 55.5 Å². The highest BCUT2D eigenvalue weighted by Crippen LogP contribution is 2.18. The first kappa shape index (κ1) is 33.6. The van der Waals surface area contributed by atoms with E-state index in [1.807, 2.05) is 30.3 Å². The molecule has 2 aromatic carbocycles. The number of carboxylic acid groups (broad SMARTS) is 1. The standard InChI is InChI=1S/C33H36N7O6/c1-20-14-15-24(29(35)37-19-27(41)42)38-28(20)33(46)40(31(44)25-13-8-16-36-25)32(45)26(18-22-11-6-3-7-12-22)39-30(43)23(34)17-21-9-4-2-5-10-21/h2-7,9-12,14-15,23,25-26,36H,1,8,13,16-19,34H2,(H2,35,37)(H,39,43)(H,41,42)/t23-,25-,26-/m0/s1. The van der Waals surface area contributed by atoms with Crippen LogP contribution < -0.4 is 21.7 Å². The molecule has 0 unspecified atom stereocenters. The smallest absolute Gasteiger partial charge is 0.322 e. The van der Waals surface area contributed by atoms with Crippen LogP contribution in [-0.2, 0) is 32.0 Å². The minimum absolute atomic E-state index is 0.0485. The number of pyridine rings is 1. The minimum atomic E-state index is -1.36. The molecule has 1 radical (unpaired) electrons.